The summed E-state index contributed by atoms with van der Waals surface area (Å²) < 4.78 is 38.0. The maximum Gasteiger partial charge on any atom is 0.253 e. The Bertz CT molecular complexity index is 589. The number of aliphatic hydroxyl groups excluding tert-OH is 1. The van der Waals surface area contributed by atoms with Crippen LogP contribution in [0, 0.1) is 5.82 Å². The molecule has 1 aliphatic rings. The third-order valence-electron chi connectivity index (χ3n) is 3.16. The molecule has 0 radical (unpaired) electrons. The van der Waals surface area contributed by atoms with Crippen molar-refractivity contribution in [2.45, 2.75) is 30.8 Å². The molecule has 112 valence electrons. The third-order valence-corrected chi connectivity index (χ3v) is 4.94. The van der Waals surface area contributed by atoms with Crippen LogP contribution in [0.25, 0.3) is 0 Å². The molecule has 1 fully saturated rings. The van der Waals surface area contributed by atoms with Gasteiger partial charge in [-0.25, -0.2) is 17.8 Å². The zero-order valence-corrected chi connectivity index (χ0v) is 12.3. The molecule has 0 aliphatic carbocycles. The molecule has 5 nitrogen and oxygen atoms in total. The van der Waals surface area contributed by atoms with E-state index in [2.05, 4.69) is 4.83 Å². The lowest BCUT2D eigenvalue weighted by Gasteiger charge is -2.26. The van der Waals surface area contributed by atoms with Gasteiger partial charge >= 0.3 is 0 Å². The topological polar surface area (TPSA) is 69.6 Å². The van der Waals surface area contributed by atoms with Crippen molar-refractivity contribution in [3.63, 3.8) is 0 Å². The Labute approximate surface area is 122 Å². The van der Waals surface area contributed by atoms with Crippen molar-refractivity contribution < 1.29 is 17.9 Å². The number of hydrogen-bond acceptors (Lipinski definition) is 4. The van der Waals surface area contributed by atoms with Crippen LogP contribution in [0.3, 0.4) is 0 Å². The lowest BCUT2D eigenvalue weighted by molar-refractivity contribution is 0.200. The number of piperidine rings is 1. The van der Waals surface area contributed by atoms with Crippen LogP contribution in [0.15, 0.2) is 17.0 Å². The van der Waals surface area contributed by atoms with Crippen molar-refractivity contribution in [2.75, 3.05) is 13.1 Å². The van der Waals surface area contributed by atoms with Gasteiger partial charge in [0.1, 0.15) is 5.82 Å². The summed E-state index contributed by atoms with van der Waals surface area (Å²) in [4.78, 5) is 2.18. The van der Waals surface area contributed by atoms with Crippen LogP contribution in [-0.2, 0) is 16.6 Å². The fourth-order valence-corrected chi connectivity index (χ4v) is 3.45. The number of nitrogens with zero attached hydrogens (tertiary/aromatic N) is 1. The van der Waals surface area contributed by atoms with Crippen LogP contribution in [0.1, 0.15) is 24.8 Å². The summed E-state index contributed by atoms with van der Waals surface area (Å²) in [5.41, 5.74) is 0.0469. The van der Waals surface area contributed by atoms with Crippen molar-refractivity contribution >= 4 is 21.6 Å². The van der Waals surface area contributed by atoms with Crippen molar-refractivity contribution in [1.29, 1.82) is 0 Å². The Balaban J connectivity index is 2.26. The molecule has 20 heavy (non-hydrogen) atoms. The highest BCUT2D eigenvalue weighted by Crippen LogP contribution is 2.24. The summed E-state index contributed by atoms with van der Waals surface area (Å²) in [5.74, 6) is -0.864. The molecule has 8 heteroatoms. The van der Waals surface area contributed by atoms with E-state index >= 15 is 0 Å². The third kappa shape index (κ3) is 3.48. The second-order valence-corrected chi connectivity index (χ2v) is 6.72. The minimum Gasteiger partial charge on any atom is -0.392 e. The first kappa shape index (κ1) is 15.7. The lowest BCUT2D eigenvalue weighted by Crippen LogP contribution is -2.44. The molecule has 0 amide bonds. The number of aliphatic hydroxyl groups is 1. The molecule has 1 heterocycles. The Hall–Kier alpha value is -0.730. The zero-order chi connectivity index (χ0) is 14.8. The number of halogens is 2. The van der Waals surface area contributed by atoms with Crippen LogP contribution >= 0.6 is 11.6 Å². The van der Waals surface area contributed by atoms with Gasteiger partial charge in [0, 0.05) is 18.7 Å². The van der Waals surface area contributed by atoms with Crippen LogP contribution in [0.2, 0.25) is 5.02 Å². The van der Waals surface area contributed by atoms with Crippen LogP contribution in [-0.4, -0.2) is 31.6 Å². The second-order valence-electron chi connectivity index (χ2n) is 4.68. The largest absolute Gasteiger partial charge is 0.392 e. The van der Waals surface area contributed by atoms with Gasteiger partial charge in [-0.3, -0.25) is 0 Å². The van der Waals surface area contributed by atoms with Gasteiger partial charge in [-0.2, -0.15) is 0 Å². The average molecular weight is 323 g/mol. The van der Waals surface area contributed by atoms with Gasteiger partial charge in [0.2, 0.25) is 0 Å². The van der Waals surface area contributed by atoms with E-state index in [1.807, 2.05) is 0 Å². The zero-order valence-electron chi connectivity index (χ0n) is 10.8. The Morgan fingerprint density at radius 1 is 1.30 bits per heavy atom. The number of benzene rings is 1. The number of sulfonamides is 1. The Morgan fingerprint density at radius 3 is 2.55 bits per heavy atom. The minimum atomic E-state index is -3.87. The van der Waals surface area contributed by atoms with Crippen LogP contribution in [0.5, 0.6) is 0 Å². The van der Waals surface area contributed by atoms with E-state index in [1.54, 1.807) is 5.01 Å². The summed E-state index contributed by atoms with van der Waals surface area (Å²) in [5, 5.41) is 10.4. The molecule has 0 unspecified atom stereocenters. The van der Waals surface area contributed by atoms with Crippen molar-refractivity contribution in [3.8, 4) is 0 Å². The number of rotatable bonds is 4. The first-order valence-electron chi connectivity index (χ1n) is 6.30. The molecule has 0 saturated carbocycles. The number of hydrogen-bond donors (Lipinski definition) is 2. The SMILES string of the molecule is O=S(=O)(NN1CCCCC1)c1cc(F)c(Cl)c(CO)c1. The van der Waals surface area contributed by atoms with E-state index in [4.69, 9.17) is 16.7 Å². The molecule has 0 bridgehead atoms. The molecule has 0 aromatic heterocycles. The first-order valence-corrected chi connectivity index (χ1v) is 8.16. The smallest absolute Gasteiger partial charge is 0.253 e. The monoisotopic (exact) mass is 322 g/mol. The average Bonchev–Trinajstić information content (AvgIpc) is 2.42. The predicted octanol–water partition coefficient (Wildman–Crippen LogP) is 1.65. The van der Waals surface area contributed by atoms with Gasteiger partial charge in [0.25, 0.3) is 10.0 Å². The molecule has 1 aliphatic heterocycles. The molecule has 1 aromatic carbocycles. The maximum absolute atomic E-state index is 13.6. The highest BCUT2D eigenvalue weighted by Gasteiger charge is 2.22. The van der Waals surface area contributed by atoms with E-state index < -0.39 is 22.4 Å². The van der Waals surface area contributed by atoms with Gasteiger partial charge in [0.15, 0.2) is 0 Å². The molecule has 2 N–H and O–H groups in total. The molecule has 2 rings (SSSR count). The van der Waals surface area contributed by atoms with Gasteiger partial charge in [0.05, 0.1) is 16.5 Å². The molecule has 1 saturated heterocycles. The summed E-state index contributed by atoms with van der Waals surface area (Å²) in [6.07, 6.45) is 2.90. The fourth-order valence-electron chi connectivity index (χ4n) is 2.10. The van der Waals surface area contributed by atoms with E-state index in [-0.39, 0.29) is 15.5 Å². The second kappa shape index (κ2) is 6.36. The summed E-state index contributed by atoms with van der Waals surface area (Å²) in [6.45, 7) is 0.729. The predicted molar refractivity (Wildman–Crippen MR) is 73.1 cm³/mol. The molecule has 1 aromatic rings. The minimum absolute atomic E-state index is 0.0469. The lowest BCUT2D eigenvalue weighted by atomic mass is 10.2. The van der Waals surface area contributed by atoms with E-state index in [9.17, 15) is 12.8 Å². The highest BCUT2D eigenvalue weighted by molar-refractivity contribution is 7.89. The van der Waals surface area contributed by atoms with Crippen molar-refractivity contribution in [3.05, 3.63) is 28.5 Å². The van der Waals surface area contributed by atoms with Gasteiger partial charge < -0.3 is 5.11 Å². The van der Waals surface area contributed by atoms with E-state index in [0.29, 0.717) is 13.1 Å². The van der Waals surface area contributed by atoms with Crippen molar-refractivity contribution in [1.82, 2.24) is 9.84 Å². The van der Waals surface area contributed by atoms with Gasteiger partial charge in [-0.15, -0.1) is 4.83 Å². The molecular weight excluding hydrogens is 307 g/mol. The van der Waals surface area contributed by atoms with Crippen LogP contribution < -0.4 is 4.83 Å². The normalized spacial score (nSPS) is 17.4. The van der Waals surface area contributed by atoms with E-state index in [1.165, 1.54) is 6.07 Å². The van der Waals surface area contributed by atoms with Gasteiger partial charge in [-0.05, 0) is 25.0 Å². The van der Waals surface area contributed by atoms with Crippen molar-refractivity contribution in [2.24, 2.45) is 0 Å². The number of nitrogens with one attached hydrogen (secondary N) is 1. The Morgan fingerprint density at radius 2 is 1.95 bits per heavy atom. The summed E-state index contributed by atoms with van der Waals surface area (Å²) >= 11 is 5.65. The molecule has 0 spiro atoms. The van der Waals surface area contributed by atoms with E-state index in [0.717, 1.165) is 25.3 Å². The summed E-state index contributed by atoms with van der Waals surface area (Å²) in [7, 11) is -3.87. The Kier molecular flexibility index (Phi) is 4.98. The molecular formula is C12H16ClFN2O3S. The van der Waals surface area contributed by atoms with Gasteiger partial charge in [-0.1, -0.05) is 18.0 Å². The summed E-state index contributed by atoms with van der Waals surface area (Å²) in [6, 6.07) is 2.03. The quantitative estimate of drug-likeness (QED) is 0.884. The highest BCUT2D eigenvalue weighted by atomic mass is 35.5. The van der Waals surface area contributed by atoms with Crippen LogP contribution in [0.4, 0.5) is 4.39 Å². The standard InChI is InChI=1S/C12H16ClFN2O3S/c13-12-9(8-17)6-10(7-11(12)14)20(18,19)15-16-4-2-1-3-5-16/h6-7,15,17H,1-5,8H2. The fraction of sp³-hybridized carbons (Fsp3) is 0.500. The molecule has 0 atom stereocenters. The maximum atomic E-state index is 13.6. The number of hydrazine groups is 1. The first-order chi connectivity index (χ1) is 9.44.